The summed E-state index contributed by atoms with van der Waals surface area (Å²) < 4.78 is 41.0. The van der Waals surface area contributed by atoms with Crippen molar-refractivity contribution in [3.63, 3.8) is 0 Å². The summed E-state index contributed by atoms with van der Waals surface area (Å²) in [5.74, 6) is -0.217. The van der Waals surface area contributed by atoms with Crippen molar-refractivity contribution >= 4 is 5.91 Å². The molecule has 2 aromatic heterocycles. The van der Waals surface area contributed by atoms with Gasteiger partial charge in [-0.25, -0.2) is 0 Å². The molecular formula is C16H21F3N6O. The van der Waals surface area contributed by atoms with E-state index in [4.69, 9.17) is 0 Å². The number of rotatable bonds is 4. The van der Waals surface area contributed by atoms with Crippen LogP contribution in [0.1, 0.15) is 17.0 Å². The van der Waals surface area contributed by atoms with Gasteiger partial charge in [0.05, 0.1) is 6.20 Å². The third-order valence-electron chi connectivity index (χ3n) is 4.45. The molecule has 0 unspecified atom stereocenters. The fourth-order valence-electron chi connectivity index (χ4n) is 3.00. The zero-order valence-corrected chi connectivity index (χ0v) is 14.7. The van der Waals surface area contributed by atoms with Crippen LogP contribution >= 0.6 is 0 Å². The van der Waals surface area contributed by atoms with Crippen LogP contribution in [0.2, 0.25) is 0 Å². The minimum atomic E-state index is -4.50. The summed E-state index contributed by atoms with van der Waals surface area (Å²) in [4.78, 5) is 16.3. The minimum Gasteiger partial charge on any atom is -0.339 e. The molecule has 0 atom stereocenters. The van der Waals surface area contributed by atoms with Gasteiger partial charge in [-0.2, -0.15) is 23.4 Å². The molecule has 142 valence electrons. The lowest BCUT2D eigenvalue weighted by molar-refractivity contribution is -0.142. The second-order valence-corrected chi connectivity index (χ2v) is 6.51. The zero-order valence-electron chi connectivity index (χ0n) is 14.7. The predicted molar refractivity (Wildman–Crippen MR) is 87.0 cm³/mol. The predicted octanol–water partition coefficient (Wildman–Crippen LogP) is 1.29. The van der Waals surface area contributed by atoms with Crippen molar-refractivity contribution in [2.75, 3.05) is 26.2 Å². The number of hydrogen-bond donors (Lipinski definition) is 0. The Morgan fingerprint density at radius 3 is 2.46 bits per heavy atom. The van der Waals surface area contributed by atoms with Gasteiger partial charge in [0.15, 0.2) is 5.69 Å². The summed E-state index contributed by atoms with van der Waals surface area (Å²) in [6, 6.07) is 0.957. The van der Waals surface area contributed by atoms with E-state index in [0.717, 1.165) is 22.9 Å². The second kappa shape index (κ2) is 7.10. The summed E-state index contributed by atoms with van der Waals surface area (Å²) in [5, 5.41) is 7.65. The van der Waals surface area contributed by atoms with Gasteiger partial charge in [-0.3, -0.25) is 19.1 Å². The number of nitrogens with zero attached hydrogens (tertiary/aromatic N) is 6. The molecule has 0 aliphatic carbocycles. The van der Waals surface area contributed by atoms with Crippen molar-refractivity contribution in [2.45, 2.75) is 26.2 Å². The Kier molecular flexibility index (Phi) is 5.03. The molecule has 1 aliphatic heterocycles. The molecule has 0 saturated carbocycles. The van der Waals surface area contributed by atoms with Gasteiger partial charge in [0, 0.05) is 57.2 Å². The molecule has 0 aromatic carbocycles. The molecule has 10 heteroatoms. The van der Waals surface area contributed by atoms with E-state index >= 15 is 0 Å². The second-order valence-electron chi connectivity index (χ2n) is 6.51. The Morgan fingerprint density at radius 1 is 1.23 bits per heavy atom. The van der Waals surface area contributed by atoms with E-state index in [2.05, 4.69) is 15.1 Å². The average molecular weight is 370 g/mol. The first-order chi connectivity index (χ1) is 12.2. The Balaban J connectivity index is 1.53. The van der Waals surface area contributed by atoms with E-state index < -0.39 is 11.9 Å². The van der Waals surface area contributed by atoms with E-state index in [-0.39, 0.29) is 12.5 Å². The molecule has 0 bridgehead atoms. The maximum Gasteiger partial charge on any atom is 0.435 e. The fraction of sp³-hybridized carbons (Fsp3) is 0.562. The molecule has 1 fully saturated rings. The van der Waals surface area contributed by atoms with Crippen LogP contribution in [0.3, 0.4) is 0 Å². The molecule has 3 rings (SSSR count). The van der Waals surface area contributed by atoms with Crippen molar-refractivity contribution in [1.29, 1.82) is 0 Å². The number of hydrogen-bond acceptors (Lipinski definition) is 4. The summed E-state index contributed by atoms with van der Waals surface area (Å²) >= 11 is 0. The summed E-state index contributed by atoms with van der Waals surface area (Å²) in [5.41, 5.74) is 0.462. The molecule has 7 nitrogen and oxygen atoms in total. The number of piperazine rings is 1. The quantitative estimate of drug-likeness (QED) is 0.814. The smallest absolute Gasteiger partial charge is 0.339 e. The Hall–Kier alpha value is -2.36. The largest absolute Gasteiger partial charge is 0.435 e. The molecule has 1 aliphatic rings. The van der Waals surface area contributed by atoms with Crippen LogP contribution in [-0.4, -0.2) is 61.4 Å². The van der Waals surface area contributed by atoms with Crippen molar-refractivity contribution in [3.8, 4) is 0 Å². The van der Waals surface area contributed by atoms with Gasteiger partial charge in [0.25, 0.3) is 0 Å². The van der Waals surface area contributed by atoms with Crippen LogP contribution in [0.5, 0.6) is 0 Å². The van der Waals surface area contributed by atoms with E-state index in [9.17, 15) is 18.0 Å². The first kappa shape index (κ1) is 18.4. The van der Waals surface area contributed by atoms with E-state index in [1.54, 1.807) is 9.58 Å². The number of amides is 1. The number of aryl methyl sites for hydroxylation is 2. The van der Waals surface area contributed by atoms with E-state index in [1.165, 1.54) is 6.92 Å². The van der Waals surface area contributed by atoms with Crippen LogP contribution in [0.25, 0.3) is 0 Å². The van der Waals surface area contributed by atoms with E-state index in [1.807, 2.05) is 19.4 Å². The lowest BCUT2D eigenvalue weighted by Crippen LogP contribution is -2.49. The normalized spacial score (nSPS) is 16.3. The zero-order chi connectivity index (χ0) is 18.9. The van der Waals surface area contributed by atoms with Gasteiger partial charge in [-0.15, -0.1) is 0 Å². The van der Waals surface area contributed by atoms with Crippen LogP contribution in [-0.2, 0) is 31.1 Å². The monoisotopic (exact) mass is 370 g/mol. The topological polar surface area (TPSA) is 59.2 Å². The average Bonchev–Trinajstić information content (AvgIpc) is 3.14. The maximum absolute atomic E-state index is 12.7. The molecule has 0 N–H and O–H groups in total. The van der Waals surface area contributed by atoms with Gasteiger partial charge < -0.3 is 4.90 Å². The highest BCUT2D eigenvalue weighted by molar-refractivity contribution is 5.76. The third-order valence-corrected chi connectivity index (χ3v) is 4.45. The standard InChI is InChI=1S/C16H21F3N6O/c1-12-7-14(16(17,18)19)21-25(12)11-15(26)24-5-3-23(4-6-24)10-13-8-20-22(2)9-13/h7-9H,3-6,10-11H2,1-2H3. The highest BCUT2D eigenvalue weighted by atomic mass is 19.4. The molecule has 0 radical (unpaired) electrons. The molecule has 1 saturated heterocycles. The summed E-state index contributed by atoms with van der Waals surface area (Å²) in [7, 11) is 1.86. The van der Waals surface area contributed by atoms with Gasteiger partial charge in [-0.05, 0) is 13.0 Å². The van der Waals surface area contributed by atoms with Crippen LogP contribution in [0.15, 0.2) is 18.5 Å². The van der Waals surface area contributed by atoms with Crippen LogP contribution in [0, 0.1) is 6.92 Å². The van der Waals surface area contributed by atoms with Crippen LogP contribution in [0.4, 0.5) is 13.2 Å². The first-order valence-electron chi connectivity index (χ1n) is 8.31. The van der Waals surface area contributed by atoms with Gasteiger partial charge >= 0.3 is 6.18 Å². The number of carbonyl (C=O) groups is 1. The SMILES string of the molecule is Cc1cc(C(F)(F)F)nn1CC(=O)N1CCN(Cc2cnn(C)c2)CC1. The molecule has 1 amide bonds. The minimum absolute atomic E-state index is 0.176. The summed E-state index contributed by atoms with van der Waals surface area (Å²) in [6.45, 7) is 4.63. The number of halogens is 3. The third kappa shape index (κ3) is 4.24. The van der Waals surface area contributed by atoms with Crippen molar-refractivity contribution in [1.82, 2.24) is 29.4 Å². The van der Waals surface area contributed by atoms with Crippen molar-refractivity contribution in [2.24, 2.45) is 7.05 Å². The highest BCUT2D eigenvalue weighted by Crippen LogP contribution is 2.28. The van der Waals surface area contributed by atoms with E-state index in [0.29, 0.717) is 31.9 Å². The number of alkyl halides is 3. The molecule has 3 heterocycles. The Morgan fingerprint density at radius 2 is 1.92 bits per heavy atom. The first-order valence-corrected chi connectivity index (χ1v) is 8.31. The van der Waals surface area contributed by atoms with Gasteiger partial charge in [-0.1, -0.05) is 0 Å². The molecular weight excluding hydrogens is 349 g/mol. The fourth-order valence-corrected chi connectivity index (χ4v) is 3.00. The lowest BCUT2D eigenvalue weighted by Gasteiger charge is -2.34. The lowest BCUT2D eigenvalue weighted by atomic mass is 10.2. The van der Waals surface area contributed by atoms with Gasteiger partial charge in [0.1, 0.15) is 6.54 Å². The maximum atomic E-state index is 12.7. The molecule has 0 spiro atoms. The van der Waals surface area contributed by atoms with Gasteiger partial charge in [0.2, 0.25) is 5.91 Å². The summed E-state index contributed by atoms with van der Waals surface area (Å²) in [6.07, 6.45) is -0.733. The Labute approximate surface area is 149 Å². The molecule has 26 heavy (non-hydrogen) atoms. The van der Waals surface area contributed by atoms with Crippen molar-refractivity contribution in [3.05, 3.63) is 35.4 Å². The van der Waals surface area contributed by atoms with Crippen LogP contribution < -0.4 is 0 Å². The van der Waals surface area contributed by atoms with Crippen molar-refractivity contribution < 1.29 is 18.0 Å². The molecule has 2 aromatic rings. The highest BCUT2D eigenvalue weighted by Gasteiger charge is 2.34. The number of aromatic nitrogens is 4. The Bertz CT molecular complexity index is 773. The number of carbonyl (C=O) groups excluding carboxylic acids is 1.